The van der Waals surface area contributed by atoms with Crippen LogP contribution in [-0.2, 0) is 4.79 Å². The van der Waals surface area contributed by atoms with Gasteiger partial charge in [-0.15, -0.1) is 0 Å². The first-order chi connectivity index (χ1) is 12.5. The minimum absolute atomic E-state index is 0.00569. The van der Waals surface area contributed by atoms with Crippen molar-refractivity contribution in [3.63, 3.8) is 0 Å². The number of hydrogen-bond donors (Lipinski definition) is 2. The van der Waals surface area contributed by atoms with Crippen molar-refractivity contribution in [1.82, 2.24) is 9.47 Å². The number of nitrogens with zero attached hydrogens (tertiary/aromatic N) is 2. The average Bonchev–Trinajstić information content (AvgIpc) is 3.13. The van der Waals surface area contributed by atoms with E-state index in [0.29, 0.717) is 31.6 Å². The molecule has 2 aromatic rings. The summed E-state index contributed by atoms with van der Waals surface area (Å²) in [6, 6.07) is 11.7. The number of fused-ring (bicyclic) bond motifs is 1. The number of nitrogens with one attached hydrogen (secondary N) is 2. The number of carbonyl (C=O) groups is 2. The molecular formula is C20H24N4O2. The number of benzene rings is 1. The first kappa shape index (κ1) is 16.7. The third-order valence-electron chi connectivity index (χ3n) is 5.44. The molecule has 2 aliphatic heterocycles. The molecule has 1 spiro atoms. The highest BCUT2D eigenvalue weighted by molar-refractivity contribution is 6.06. The number of likely N-dealkylation sites (tertiary alicyclic amines) is 1. The van der Waals surface area contributed by atoms with Gasteiger partial charge in [-0.3, -0.25) is 9.59 Å². The van der Waals surface area contributed by atoms with E-state index < -0.39 is 5.54 Å². The molecule has 1 fully saturated rings. The largest absolute Gasteiger partial charge is 0.369 e. The summed E-state index contributed by atoms with van der Waals surface area (Å²) in [4.78, 5) is 27.5. The fourth-order valence-corrected chi connectivity index (χ4v) is 3.89. The Morgan fingerprint density at radius 3 is 2.46 bits per heavy atom. The number of para-hydroxylation sites is 2. The van der Waals surface area contributed by atoms with Crippen LogP contribution in [0.15, 0.2) is 42.6 Å². The summed E-state index contributed by atoms with van der Waals surface area (Å²) in [5.74, 6) is 0.0315. The van der Waals surface area contributed by atoms with Gasteiger partial charge in [-0.2, -0.15) is 0 Å². The lowest BCUT2D eigenvalue weighted by Crippen LogP contribution is -2.59. The van der Waals surface area contributed by atoms with E-state index >= 15 is 0 Å². The SMILES string of the molecule is CC(C)n1cccc1C(=O)N1CCC2(CC1)Nc1ccccc1NC2=O. The van der Waals surface area contributed by atoms with Crippen molar-refractivity contribution in [2.24, 2.45) is 0 Å². The summed E-state index contributed by atoms with van der Waals surface area (Å²) in [5, 5.41) is 6.44. The molecule has 0 unspecified atom stereocenters. The lowest BCUT2D eigenvalue weighted by atomic mass is 9.84. The van der Waals surface area contributed by atoms with Gasteiger partial charge in [0.1, 0.15) is 11.2 Å². The van der Waals surface area contributed by atoms with E-state index in [1.165, 1.54) is 0 Å². The third-order valence-corrected chi connectivity index (χ3v) is 5.44. The summed E-state index contributed by atoms with van der Waals surface area (Å²) in [6.07, 6.45) is 3.14. The van der Waals surface area contributed by atoms with Crippen molar-refractivity contribution in [2.75, 3.05) is 23.7 Å². The average molecular weight is 352 g/mol. The Kier molecular flexibility index (Phi) is 3.98. The summed E-state index contributed by atoms with van der Waals surface area (Å²) in [5.41, 5.74) is 1.84. The van der Waals surface area contributed by atoms with Crippen LogP contribution in [0.3, 0.4) is 0 Å². The van der Waals surface area contributed by atoms with Gasteiger partial charge in [0.25, 0.3) is 5.91 Å². The molecule has 6 nitrogen and oxygen atoms in total. The number of amides is 2. The highest BCUT2D eigenvalue weighted by atomic mass is 16.2. The number of rotatable bonds is 2. The number of aromatic nitrogens is 1. The van der Waals surface area contributed by atoms with E-state index in [-0.39, 0.29) is 17.9 Å². The zero-order valence-electron chi connectivity index (χ0n) is 15.2. The van der Waals surface area contributed by atoms with Crippen LogP contribution in [0.25, 0.3) is 0 Å². The molecule has 26 heavy (non-hydrogen) atoms. The molecule has 1 aromatic heterocycles. The Morgan fingerprint density at radius 1 is 1.08 bits per heavy atom. The number of hydrogen-bond acceptors (Lipinski definition) is 3. The van der Waals surface area contributed by atoms with Crippen LogP contribution in [0.4, 0.5) is 11.4 Å². The normalized spacial score (nSPS) is 18.4. The van der Waals surface area contributed by atoms with Crippen LogP contribution in [0, 0.1) is 0 Å². The van der Waals surface area contributed by atoms with Crippen molar-refractivity contribution in [1.29, 1.82) is 0 Å². The molecule has 2 amide bonds. The molecule has 1 saturated heterocycles. The zero-order chi connectivity index (χ0) is 18.3. The van der Waals surface area contributed by atoms with E-state index in [9.17, 15) is 9.59 Å². The molecule has 0 bridgehead atoms. The molecule has 4 rings (SSSR count). The number of piperidine rings is 1. The van der Waals surface area contributed by atoms with E-state index in [1.807, 2.05) is 52.1 Å². The van der Waals surface area contributed by atoms with Gasteiger partial charge in [-0.05, 0) is 51.0 Å². The summed E-state index contributed by atoms with van der Waals surface area (Å²) in [6.45, 7) is 5.25. The Balaban J connectivity index is 1.50. The van der Waals surface area contributed by atoms with Crippen LogP contribution < -0.4 is 10.6 Å². The standard InChI is InChI=1S/C20H24N4O2/c1-14(2)24-11-5-8-17(24)18(25)23-12-9-20(10-13-23)19(26)21-15-6-3-4-7-16(15)22-20/h3-8,11,14,22H,9-10,12-13H2,1-2H3,(H,21,26). The van der Waals surface area contributed by atoms with Crippen LogP contribution in [-0.4, -0.2) is 39.9 Å². The van der Waals surface area contributed by atoms with Gasteiger partial charge in [-0.1, -0.05) is 12.1 Å². The monoisotopic (exact) mass is 352 g/mol. The third kappa shape index (κ3) is 2.66. The first-order valence-corrected chi connectivity index (χ1v) is 9.15. The van der Waals surface area contributed by atoms with Gasteiger partial charge in [0.05, 0.1) is 11.4 Å². The first-order valence-electron chi connectivity index (χ1n) is 9.15. The molecule has 0 saturated carbocycles. The van der Waals surface area contributed by atoms with E-state index in [1.54, 1.807) is 0 Å². The molecule has 0 atom stereocenters. The maximum atomic E-state index is 12.9. The van der Waals surface area contributed by atoms with Crippen LogP contribution in [0.1, 0.15) is 43.2 Å². The fourth-order valence-electron chi connectivity index (χ4n) is 3.89. The van der Waals surface area contributed by atoms with Gasteiger partial charge < -0.3 is 20.1 Å². The maximum Gasteiger partial charge on any atom is 0.270 e. The Hall–Kier alpha value is -2.76. The molecule has 2 aliphatic rings. The smallest absolute Gasteiger partial charge is 0.270 e. The van der Waals surface area contributed by atoms with Crippen LogP contribution >= 0.6 is 0 Å². The van der Waals surface area contributed by atoms with E-state index in [4.69, 9.17) is 0 Å². The minimum atomic E-state index is -0.634. The minimum Gasteiger partial charge on any atom is -0.369 e. The van der Waals surface area contributed by atoms with Crippen LogP contribution in [0.2, 0.25) is 0 Å². The molecule has 136 valence electrons. The Morgan fingerprint density at radius 2 is 1.77 bits per heavy atom. The summed E-state index contributed by atoms with van der Waals surface area (Å²) >= 11 is 0. The zero-order valence-corrected chi connectivity index (χ0v) is 15.2. The Labute approximate surface area is 153 Å². The van der Waals surface area contributed by atoms with Gasteiger partial charge >= 0.3 is 0 Å². The second-order valence-corrected chi connectivity index (χ2v) is 7.39. The van der Waals surface area contributed by atoms with Gasteiger partial charge in [0.2, 0.25) is 5.91 Å². The molecule has 3 heterocycles. The summed E-state index contributed by atoms with van der Waals surface area (Å²) in [7, 11) is 0. The van der Waals surface area contributed by atoms with Crippen molar-refractivity contribution in [3.05, 3.63) is 48.3 Å². The number of carbonyl (C=O) groups excluding carboxylic acids is 2. The molecule has 1 aromatic carbocycles. The topological polar surface area (TPSA) is 66.4 Å². The quantitative estimate of drug-likeness (QED) is 0.873. The molecular weight excluding hydrogens is 328 g/mol. The lowest BCUT2D eigenvalue weighted by molar-refractivity contribution is -0.122. The lowest BCUT2D eigenvalue weighted by Gasteiger charge is -2.44. The molecule has 2 N–H and O–H groups in total. The van der Waals surface area contributed by atoms with Crippen molar-refractivity contribution in [2.45, 2.75) is 38.3 Å². The van der Waals surface area contributed by atoms with Gasteiger partial charge in [0.15, 0.2) is 0 Å². The van der Waals surface area contributed by atoms with Gasteiger partial charge in [0, 0.05) is 25.3 Å². The second kappa shape index (κ2) is 6.20. The predicted octanol–water partition coefficient (Wildman–Crippen LogP) is 3.11. The van der Waals surface area contributed by atoms with E-state index in [2.05, 4.69) is 24.5 Å². The molecule has 6 heteroatoms. The second-order valence-electron chi connectivity index (χ2n) is 7.39. The molecule has 0 aliphatic carbocycles. The maximum absolute atomic E-state index is 12.9. The van der Waals surface area contributed by atoms with Crippen molar-refractivity contribution < 1.29 is 9.59 Å². The van der Waals surface area contributed by atoms with Gasteiger partial charge in [-0.25, -0.2) is 0 Å². The predicted molar refractivity (Wildman–Crippen MR) is 101 cm³/mol. The highest BCUT2D eigenvalue weighted by Crippen LogP contribution is 2.36. The Bertz CT molecular complexity index is 847. The van der Waals surface area contributed by atoms with Crippen LogP contribution in [0.5, 0.6) is 0 Å². The van der Waals surface area contributed by atoms with Crippen molar-refractivity contribution in [3.8, 4) is 0 Å². The fraction of sp³-hybridized carbons (Fsp3) is 0.400. The van der Waals surface area contributed by atoms with E-state index in [0.717, 1.165) is 11.4 Å². The number of anilines is 2. The summed E-state index contributed by atoms with van der Waals surface area (Å²) < 4.78 is 1.99. The van der Waals surface area contributed by atoms with Crippen molar-refractivity contribution >= 4 is 23.2 Å². The highest BCUT2D eigenvalue weighted by Gasteiger charge is 2.45. The molecule has 0 radical (unpaired) electrons.